The van der Waals surface area contributed by atoms with E-state index in [1.54, 1.807) is 6.92 Å². The second-order valence-electron chi connectivity index (χ2n) is 5.80. The van der Waals surface area contributed by atoms with Gasteiger partial charge in [-0.25, -0.2) is 18.3 Å². The molecular weight excluding hydrogens is 366 g/mol. The second kappa shape index (κ2) is 8.51. The minimum atomic E-state index is -0.629. The number of esters is 1. The van der Waals surface area contributed by atoms with Crippen molar-refractivity contribution in [1.29, 1.82) is 0 Å². The highest BCUT2D eigenvalue weighted by molar-refractivity contribution is 6.25. The van der Waals surface area contributed by atoms with Crippen LogP contribution in [0, 0.1) is 11.6 Å². The quantitative estimate of drug-likeness (QED) is 0.481. The van der Waals surface area contributed by atoms with Gasteiger partial charge in [0.2, 0.25) is 0 Å². The van der Waals surface area contributed by atoms with Crippen LogP contribution in [0.25, 0.3) is 11.1 Å². The number of hydrogen-bond donors (Lipinski definition) is 0. The molecular formula is C20H18F2N4O2. The molecule has 0 amide bonds. The number of carbonyl (C=O) groups is 1. The van der Waals surface area contributed by atoms with Crippen molar-refractivity contribution in [3.8, 4) is 0 Å². The van der Waals surface area contributed by atoms with E-state index < -0.39 is 17.6 Å². The van der Waals surface area contributed by atoms with E-state index in [1.165, 1.54) is 53.2 Å². The summed E-state index contributed by atoms with van der Waals surface area (Å²) in [7, 11) is 0. The molecule has 0 saturated carbocycles. The van der Waals surface area contributed by atoms with Gasteiger partial charge in [0.25, 0.3) is 0 Å². The molecule has 8 heteroatoms. The molecule has 0 bridgehead atoms. The van der Waals surface area contributed by atoms with Gasteiger partial charge < -0.3 is 4.74 Å². The maximum Gasteiger partial charge on any atom is 0.342 e. The monoisotopic (exact) mass is 384 g/mol. The van der Waals surface area contributed by atoms with E-state index in [2.05, 4.69) is 15.5 Å². The zero-order chi connectivity index (χ0) is 20.1. The Balaban J connectivity index is 2.36. The molecule has 0 unspecified atom stereocenters. The average Bonchev–Trinajstić information content (AvgIpc) is 3.16. The molecule has 1 heterocycles. The minimum Gasteiger partial charge on any atom is -0.462 e. The molecule has 0 aliphatic heterocycles. The molecule has 0 radical (unpaired) electrons. The number of tetrazole rings is 1. The molecule has 2 aromatic carbocycles. The van der Waals surface area contributed by atoms with Crippen molar-refractivity contribution in [3.05, 3.63) is 77.1 Å². The third kappa shape index (κ3) is 3.95. The van der Waals surface area contributed by atoms with E-state index in [1.807, 2.05) is 6.92 Å². The van der Waals surface area contributed by atoms with Crippen LogP contribution in [0.5, 0.6) is 0 Å². The van der Waals surface area contributed by atoms with E-state index in [4.69, 9.17) is 4.74 Å². The normalized spacial score (nSPS) is 10.6. The van der Waals surface area contributed by atoms with Gasteiger partial charge in [-0.3, -0.25) is 0 Å². The SMILES string of the molecule is CCOC(=O)C(=C(c1ccc(F)cc1)c1ccc(F)cc1)c1nnnn1CC. The topological polar surface area (TPSA) is 69.9 Å². The lowest BCUT2D eigenvalue weighted by Gasteiger charge is -2.15. The van der Waals surface area contributed by atoms with Crippen molar-refractivity contribution in [2.24, 2.45) is 0 Å². The molecule has 0 saturated heterocycles. The van der Waals surface area contributed by atoms with Crippen LogP contribution in [0.15, 0.2) is 48.5 Å². The van der Waals surface area contributed by atoms with Gasteiger partial charge in [-0.15, -0.1) is 5.10 Å². The number of benzene rings is 2. The lowest BCUT2D eigenvalue weighted by Crippen LogP contribution is -2.15. The summed E-state index contributed by atoms with van der Waals surface area (Å²) in [4.78, 5) is 12.9. The summed E-state index contributed by atoms with van der Waals surface area (Å²) in [5.74, 6) is -1.25. The number of carbonyl (C=O) groups excluding carboxylic acids is 1. The lowest BCUT2D eigenvalue weighted by molar-refractivity contribution is -0.136. The fourth-order valence-electron chi connectivity index (χ4n) is 2.79. The number of nitrogens with zero attached hydrogens (tertiary/aromatic N) is 4. The Morgan fingerprint density at radius 3 is 1.96 bits per heavy atom. The van der Waals surface area contributed by atoms with Gasteiger partial charge in [-0.1, -0.05) is 24.3 Å². The van der Waals surface area contributed by atoms with Gasteiger partial charge in [0.05, 0.1) is 6.61 Å². The highest BCUT2D eigenvalue weighted by Gasteiger charge is 2.26. The molecule has 0 atom stereocenters. The van der Waals surface area contributed by atoms with Crippen LogP contribution < -0.4 is 0 Å². The number of halogens is 2. The summed E-state index contributed by atoms with van der Waals surface area (Å²) >= 11 is 0. The number of aromatic nitrogens is 4. The highest BCUT2D eigenvalue weighted by Crippen LogP contribution is 2.32. The number of rotatable bonds is 6. The van der Waals surface area contributed by atoms with Crippen LogP contribution in [0.4, 0.5) is 8.78 Å². The lowest BCUT2D eigenvalue weighted by atomic mass is 9.92. The average molecular weight is 384 g/mol. The van der Waals surface area contributed by atoms with E-state index in [0.717, 1.165) is 0 Å². The maximum absolute atomic E-state index is 13.5. The molecule has 3 aromatic rings. The molecule has 0 aliphatic carbocycles. The van der Waals surface area contributed by atoms with Gasteiger partial charge in [0.1, 0.15) is 17.2 Å². The summed E-state index contributed by atoms with van der Waals surface area (Å²) in [6.45, 7) is 4.09. The molecule has 28 heavy (non-hydrogen) atoms. The zero-order valence-corrected chi connectivity index (χ0v) is 15.4. The molecule has 1 aromatic heterocycles. The first-order valence-corrected chi connectivity index (χ1v) is 8.75. The summed E-state index contributed by atoms with van der Waals surface area (Å²) in [5, 5.41) is 11.5. The minimum absolute atomic E-state index is 0.118. The Morgan fingerprint density at radius 2 is 1.50 bits per heavy atom. The Hall–Kier alpha value is -3.42. The first-order chi connectivity index (χ1) is 13.5. The number of ether oxygens (including phenoxy) is 1. The maximum atomic E-state index is 13.5. The molecule has 0 spiro atoms. The molecule has 6 nitrogen and oxygen atoms in total. The van der Waals surface area contributed by atoms with Crippen LogP contribution in [-0.2, 0) is 16.1 Å². The summed E-state index contributed by atoms with van der Waals surface area (Å²) in [6.07, 6.45) is 0. The molecule has 3 rings (SSSR count). The molecule has 144 valence electrons. The van der Waals surface area contributed by atoms with Crippen molar-refractivity contribution in [2.75, 3.05) is 6.61 Å². The van der Waals surface area contributed by atoms with E-state index >= 15 is 0 Å². The van der Waals surface area contributed by atoms with Gasteiger partial charge in [-0.2, -0.15) is 0 Å². The summed E-state index contributed by atoms with van der Waals surface area (Å²) in [5.41, 5.74) is 1.62. The summed E-state index contributed by atoms with van der Waals surface area (Å²) in [6, 6.07) is 11.3. The third-order valence-corrected chi connectivity index (χ3v) is 4.05. The van der Waals surface area contributed by atoms with Gasteiger partial charge in [0.15, 0.2) is 5.82 Å². The standard InChI is InChI=1S/C20H18F2N4O2/c1-3-26-19(23-24-25-26)18(20(27)28-4-2)17(13-5-9-15(21)10-6-13)14-7-11-16(22)12-8-14/h5-12H,3-4H2,1-2H3. The van der Waals surface area contributed by atoms with Crippen LogP contribution in [0.3, 0.4) is 0 Å². The number of hydrogen-bond acceptors (Lipinski definition) is 5. The Labute approximate surface area is 160 Å². The zero-order valence-electron chi connectivity index (χ0n) is 15.4. The van der Waals surface area contributed by atoms with Crippen LogP contribution in [0.1, 0.15) is 30.8 Å². The first-order valence-electron chi connectivity index (χ1n) is 8.75. The fraction of sp³-hybridized carbons (Fsp3) is 0.200. The second-order valence-corrected chi connectivity index (χ2v) is 5.80. The molecule has 0 fully saturated rings. The largest absolute Gasteiger partial charge is 0.462 e. The smallest absolute Gasteiger partial charge is 0.342 e. The van der Waals surface area contributed by atoms with Crippen LogP contribution >= 0.6 is 0 Å². The van der Waals surface area contributed by atoms with Crippen molar-refractivity contribution >= 4 is 17.1 Å². The summed E-state index contributed by atoms with van der Waals surface area (Å²) < 4.78 is 33.7. The third-order valence-electron chi connectivity index (χ3n) is 4.05. The Kier molecular flexibility index (Phi) is 5.88. The first kappa shape index (κ1) is 19.3. The van der Waals surface area contributed by atoms with Crippen LogP contribution in [0.2, 0.25) is 0 Å². The van der Waals surface area contributed by atoms with E-state index in [-0.39, 0.29) is 18.0 Å². The van der Waals surface area contributed by atoms with Crippen molar-refractivity contribution in [3.63, 3.8) is 0 Å². The molecule has 0 aliphatic rings. The van der Waals surface area contributed by atoms with Crippen molar-refractivity contribution in [1.82, 2.24) is 20.2 Å². The van der Waals surface area contributed by atoms with Crippen molar-refractivity contribution < 1.29 is 18.3 Å². The Bertz CT molecular complexity index is 948. The molecule has 0 N–H and O–H groups in total. The van der Waals surface area contributed by atoms with Gasteiger partial charge >= 0.3 is 5.97 Å². The van der Waals surface area contributed by atoms with E-state index in [9.17, 15) is 13.6 Å². The fourth-order valence-corrected chi connectivity index (χ4v) is 2.79. The van der Waals surface area contributed by atoms with Gasteiger partial charge in [0, 0.05) is 12.1 Å². The van der Waals surface area contributed by atoms with Crippen molar-refractivity contribution in [2.45, 2.75) is 20.4 Å². The Morgan fingerprint density at radius 1 is 0.964 bits per heavy atom. The predicted molar refractivity (Wildman–Crippen MR) is 98.8 cm³/mol. The predicted octanol–water partition coefficient (Wildman–Crippen LogP) is 3.49. The highest BCUT2D eigenvalue weighted by atomic mass is 19.1. The van der Waals surface area contributed by atoms with Crippen LogP contribution in [-0.4, -0.2) is 32.8 Å². The van der Waals surface area contributed by atoms with Gasteiger partial charge in [-0.05, 0) is 59.7 Å². The van der Waals surface area contributed by atoms with E-state index in [0.29, 0.717) is 23.2 Å². The number of aryl methyl sites for hydroxylation is 1.